The molecular weight excluding hydrogens is 152 g/mol. The summed E-state index contributed by atoms with van der Waals surface area (Å²) in [6.07, 6.45) is 0. The van der Waals surface area contributed by atoms with Crippen LogP contribution in [0.3, 0.4) is 0 Å². The Kier molecular flexibility index (Phi) is 2.94. The Morgan fingerprint density at radius 2 is 2.25 bits per heavy atom. The zero-order valence-corrected chi connectivity index (χ0v) is 7.17. The summed E-state index contributed by atoms with van der Waals surface area (Å²) in [4.78, 5) is 0. The average Bonchev–Trinajstić information content (AvgIpc) is 2.07. The van der Waals surface area contributed by atoms with Crippen LogP contribution in [0.4, 0.5) is 5.69 Å². The molecule has 0 heterocycles. The number of phenols is 1. The van der Waals surface area contributed by atoms with Crippen LogP contribution in [0.2, 0.25) is 0 Å². The van der Waals surface area contributed by atoms with Crippen LogP contribution in [0.15, 0.2) is 18.2 Å². The second-order valence-electron chi connectivity index (χ2n) is 2.67. The Balaban J connectivity index is 2.69. The molecule has 0 radical (unpaired) electrons. The maximum absolute atomic E-state index is 9.25. The Hall–Kier alpha value is -1.22. The molecule has 4 N–H and O–H groups in total. The van der Waals surface area contributed by atoms with Crippen LogP contribution in [-0.2, 0) is 6.54 Å². The molecule has 0 aliphatic heterocycles. The minimum Gasteiger partial charge on any atom is -0.506 e. The summed E-state index contributed by atoms with van der Waals surface area (Å²) in [7, 11) is 0. The normalized spacial score (nSPS) is 10.1. The van der Waals surface area contributed by atoms with E-state index in [1.165, 1.54) is 0 Å². The van der Waals surface area contributed by atoms with Gasteiger partial charge in [0, 0.05) is 6.54 Å². The molecule has 0 unspecified atom stereocenters. The molecule has 3 heteroatoms. The number of rotatable bonds is 3. The third kappa shape index (κ3) is 2.13. The van der Waals surface area contributed by atoms with Crippen molar-refractivity contribution in [2.45, 2.75) is 13.5 Å². The number of hydrogen-bond donors (Lipinski definition) is 3. The Bertz CT molecular complexity index is 261. The monoisotopic (exact) mass is 166 g/mol. The van der Waals surface area contributed by atoms with Crippen LogP contribution in [0, 0.1) is 0 Å². The molecule has 0 bridgehead atoms. The van der Waals surface area contributed by atoms with E-state index in [4.69, 9.17) is 5.73 Å². The van der Waals surface area contributed by atoms with Crippen LogP contribution >= 0.6 is 0 Å². The highest BCUT2D eigenvalue weighted by Gasteiger charge is 1.97. The maximum Gasteiger partial charge on any atom is 0.138 e. The topological polar surface area (TPSA) is 58.3 Å². The smallest absolute Gasteiger partial charge is 0.138 e. The molecule has 0 saturated heterocycles. The van der Waals surface area contributed by atoms with Gasteiger partial charge in [-0.25, -0.2) is 0 Å². The lowest BCUT2D eigenvalue weighted by atomic mass is 10.2. The van der Waals surface area contributed by atoms with Gasteiger partial charge in [0.05, 0.1) is 5.69 Å². The first kappa shape index (κ1) is 8.87. The molecule has 1 aromatic rings. The summed E-state index contributed by atoms with van der Waals surface area (Å²) in [5, 5.41) is 12.4. The van der Waals surface area contributed by atoms with Crippen molar-refractivity contribution in [2.24, 2.45) is 0 Å². The molecule has 66 valence electrons. The highest BCUT2D eigenvalue weighted by Crippen LogP contribution is 2.20. The van der Waals surface area contributed by atoms with Crippen LogP contribution < -0.4 is 11.1 Å². The van der Waals surface area contributed by atoms with Crippen LogP contribution in [0.25, 0.3) is 0 Å². The number of anilines is 1. The fourth-order valence-electron chi connectivity index (χ4n) is 0.969. The van der Waals surface area contributed by atoms with Crippen molar-refractivity contribution in [3.63, 3.8) is 0 Å². The maximum atomic E-state index is 9.25. The van der Waals surface area contributed by atoms with Crippen molar-refractivity contribution in [1.82, 2.24) is 5.32 Å². The predicted molar refractivity (Wildman–Crippen MR) is 49.9 cm³/mol. The third-order valence-corrected chi connectivity index (χ3v) is 1.67. The SMILES string of the molecule is CCNCc1ccc(N)c(O)c1. The summed E-state index contributed by atoms with van der Waals surface area (Å²) in [5.41, 5.74) is 6.92. The number of nitrogens with one attached hydrogen (secondary N) is 1. The molecule has 0 aromatic heterocycles. The van der Waals surface area contributed by atoms with Gasteiger partial charge in [0.25, 0.3) is 0 Å². The summed E-state index contributed by atoms with van der Waals surface area (Å²) in [6.45, 7) is 3.73. The van der Waals surface area contributed by atoms with Crippen molar-refractivity contribution in [2.75, 3.05) is 12.3 Å². The van der Waals surface area contributed by atoms with Crippen LogP contribution in [0.5, 0.6) is 5.75 Å². The van der Waals surface area contributed by atoms with Gasteiger partial charge in [-0.2, -0.15) is 0 Å². The molecule has 3 nitrogen and oxygen atoms in total. The van der Waals surface area contributed by atoms with E-state index in [1.807, 2.05) is 13.0 Å². The molecule has 12 heavy (non-hydrogen) atoms. The number of nitrogens with two attached hydrogens (primary N) is 1. The second kappa shape index (κ2) is 3.97. The summed E-state index contributed by atoms with van der Waals surface area (Å²) in [6, 6.07) is 5.29. The number of aromatic hydroxyl groups is 1. The lowest BCUT2D eigenvalue weighted by Crippen LogP contribution is -2.11. The van der Waals surface area contributed by atoms with Gasteiger partial charge in [-0.15, -0.1) is 0 Å². The van der Waals surface area contributed by atoms with E-state index in [1.54, 1.807) is 12.1 Å². The molecule has 0 atom stereocenters. The molecule has 0 fully saturated rings. The van der Waals surface area contributed by atoms with E-state index in [0.717, 1.165) is 18.7 Å². The van der Waals surface area contributed by atoms with E-state index in [2.05, 4.69) is 5.32 Å². The first-order chi connectivity index (χ1) is 5.74. The fourth-order valence-corrected chi connectivity index (χ4v) is 0.969. The molecular formula is C9H14N2O. The molecule has 0 amide bonds. The van der Waals surface area contributed by atoms with Gasteiger partial charge in [0.2, 0.25) is 0 Å². The largest absolute Gasteiger partial charge is 0.506 e. The number of phenolic OH excluding ortho intramolecular Hbond substituents is 1. The standard InChI is InChI=1S/C9H14N2O/c1-2-11-6-7-3-4-8(10)9(12)5-7/h3-5,11-12H,2,6,10H2,1H3. The van der Waals surface area contributed by atoms with E-state index < -0.39 is 0 Å². The summed E-state index contributed by atoms with van der Waals surface area (Å²) >= 11 is 0. The zero-order valence-electron chi connectivity index (χ0n) is 7.17. The molecule has 0 aliphatic rings. The number of benzene rings is 1. The molecule has 0 aliphatic carbocycles. The zero-order chi connectivity index (χ0) is 8.97. The lowest BCUT2D eigenvalue weighted by molar-refractivity contribution is 0.477. The molecule has 1 rings (SSSR count). The highest BCUT2D eigenvalue weighted by molar-refractivity contribution is 5.52. The van der Waals surface area contributed by atoms with E-state index in [9.17, 15) is 5.11 Å². The average molecular weight is 166 g/mol. The number of hydrogen-bond acceptors (Lipinski definition) is 3. The predicted octanol–water partition coefficient (Wildman–Crippen LogP) is 1.08. The molecule has 1 aromatic carbocycles. The van der Waals surface area contributed by atoms with Crippen molar-refractivity contribution < 1.29 is 5.11 Å². The first-order valence-corrected chi connectivity index (χ1v) is 4.02. The Morgan fingerprint density at radius 1 is 1.50 bits per heavy atom. The fraction of sp³-hybridized carbons (Fsp3) is 0.333. The minimum absolute atomic E-state index is 0.158. The summed E-state index contributed by atoms with van der Waals surface area (Å²) in [5.74, 6) is 0.158. The van der Waals surface area contributed by atoms with Crippen LogP contribution in [-0.4, -0.2) is 11.7 Å². The van der Waals surface area contributed by atoms with Gasteiger partial charge in [0.1, 0.15) is 5.75 Å². The van der Waals surface area contributed by atoms with Crippen molar-refractivity contribution in [1.29, 1.82) is 0 Å². The summed E-state index contributed by atoms with van der Waals surface area (Å²) < 4.78 is 0. The second-order valence-corrected chi connectivity index (χ2v) is 2.67. The van der Waals surface area contributed by atoms with E-state index >= 15 is 0 Å². The third-order valence-electron chi connectivity index (χ3n) is 1.67. The van der Waals surface area contributed by atoms with Gasteiger partial charge in [-0.1, -0.05) is 13.0 Å². The van der Waals surface area contributed by atoms with Crippen LogP contribution in [0.1, 0.15) is 12.5 Å². The molecule has 0 saturated carbocycles. The van der Waals surface area contributed by atoms with Crippen molar-refractivity contribution in [3.8, 4) is 5.75 Å². The van der Waals surface area contributed by atoms with E-state index in [0.29, 0.717) is 5.69 Å². The molecule has 0 spiro atoms. The quantitative estimate of drug-likeness (QED) is 0.465. The van der Waals surface area contributed by atoms with Gasteiger partial charge in [0.15, 0.2) is 0 Å². The highest BCUT2D eigenvalue weighted by atomic mass is 16.3. The van der Waals surface area contributed by atoms with Gasteiger partial charge in [-0.3, -0.25) is 0 Å². The van der Waals surface area contributed by atoms with Gasteiger partial charge >= 0.3 is 0 Å². The van der Waals surface area contributed by atoms with Crippen molar-refractivity contribution in [3.05, 3.63) is 23.8 Å². The van der Waals surface area contributed by atoms with E-state index in [-0.39, 0.29) is 5.75 Å². The first-order valence-electron chi connectivity index (χ1n) is 4.02. The number of nitrogen functional groups attached to an aromatic ring is 1. The lowest BCUT2D eigenvalue weighted by Gasteiger charge is -2.03. The van der Waals surface area contributed by atoms with Gasteiger partial charge in [-0.05, 0) is 24.2 Å². The Labute approximate surface area is 72.2 Å². The Morgan fingerprint density at radius 3 is 2.83 bits per heavy atom. The van der Waals surface area contributed by atoms with Crippen molar-refractivity contribution >= 4 is 5.69 Å². The van der Waals surface area contributed by atoms with Gasteiger partial charge < -0.3 is 16.2 Å². The minimum atomic E-state index is 0.158.